The Morgan fingerprint density at radius 2 is 1.77 bits per heavy atom. The summed E-state index contributed by atoms with van der Waals surface area (Å²) >= 11 is 0. The molecule has 130 valence electrons. The minimum Gasteiger partial charge on any atom is -0.448 e. The lowest BCUT2D eigenvalue weighted by molar-refractivity contribution is -0.384. The Morgan fingerprint density at radius 3 is 2.23 bits per heavy atom. The van der Waals surface area contributed by atoms with Crippen molar-refractivity contribution in [1.29, 1.82) is 21.2 Å². The van der Waals surface area contributed by atoms with Gasteiger partial charge >= 0.3 is 0 Å². The van der Waals surface area contributed by atoms with Gasteiger partial charge in [-0.2, -0.15) is 15.8 Å². The van der Waals surface area contributed by atoms with E-state index >= 15 is 0 Å². The number of nitriles is 3. The summed E-state index contributed by atoms with van der Waals surface area (Å²) in [5.74, 6) is -2.61. The van der Waals surface area contributed by atoms with E-state index in [9.17, 15) is 25.9 Å². The van der Waals surface area contributed by atoms with Gasteiger partial charge < -0.3 is 9.47 Å². The highest BCUT2D eigenvalue weighted by molar-refractivity contribution is 5.89. The molecule has 9 heteroatoms. The molecule has 0 saturated carbocycles. The molecule has 0 radical (unpaired) electrons. The van der Waals surface area contributed by atoms with Gasteiger partial charge in [-0.25, -0.2) is 0 Å². The van der Waals surface area contributed by atoms with Gasteiger partial charge in [-0.3, -0.25) is 15.5 Å². The van der Waals surface area contributed by atoms with Crippen LogP contribution in [0.4, 0.5) is 5.69 Å². The van der Waals surface area contributed by atoms with Gasteiger partial charge in [0, 0.05) is 19.1 Å². The van der Waals surface area contributed by atoms with Gasteiger partial charge in [-0.05, 0) is 17.7 Å². The summed E-state index contributed by atoms with van der Waals surface area (Å²) in [6, 6.07) is 11.0. The van der Waals surface area contributed by atoms with Crippen LogP contribution in [0.2, 0.25) is 0 Å². The molecule has 0 amide bonds. The number of nitro benzene ring substituents is 1. The first-order valence-electron chi connectivity index (χ1n) is 7.66. The second-order valence-corrected chi connectivity index (χ2v) is 6.47. The normalized spacial score (nSPS) is 34.0. The maximum atomic E-state index is 10.9. The number of nitrogens with one attached hydrogen (secondary N) is 1. The van der Waals surface area contributed by atoms with E-state index in [1.54, 1.807) is 13.8 Å². The Labute approximate surface area is 148 Å². The Balaban J connectivity index is 2.25. The van der Waals surface area contributed by atoms with Crippen LogP contribution >= 0.6 is 0 Å². The van der Waals surface area contributed by atoms with E-state index in [0.29, 0.717) is 5.56 Å². The highest BCUT2D eigenvalue weighted by Crippen LogP contribution is 2.66. The first-order valence-corrected chi connectivity index (χ1v) is 7.66. The van der Waals surface area contributed by atoms with Crippen molar-refractivity contribution >= 4 is 11.6 Å². The monoisotopic (exact) mass is 351 g/mol. The molecule has 3 rings (SSSR count). The summed E-state index contributed by atoms with van der Waals surface area (Å²) in [7, 11) is 0. The molecule has 1 aromatic carbocycles. The van der Waals surface area contributed by atoms with E-state index in [0.717, 1.165) is 0 Å². The fourth-order valence-corrected chi connectivity index (χ4v) is 3.78. The number of hydrogen-bond donors (Lipinski definition) is 1. The number of ether oxygens (including phenoxy) is 2. The SMILES string of the molecule is C[C@H]1[C@@]2(C)OC(=N)[C@@]1(C#N)C(C#N)(C#N)[C@H](c1ccc([N+](=O)[O-])cc1)O2. The lowest BCUT2D eigenvalue weighted by Gasteiger charge is -2.47. The van der Waals surface area contributed by atoms with Crippen molar-refractivity contribution in [3.05, 3.63) is 39.9 Å². The van der Waals surface area contributed by atoms with Crippen molar-refractivity contribution in [1.82, 2.24) is 0 Å². The van der Waals surface area contributed by atoms with Crippen molar-refractivity contribution in [3.8, 4) is 18.2 Å². The van der Waals surface area contributed by atoms with Gasteiger partial charge in [-0.15, -0.1) is 0 Å². The van der Waals surface area contributed by atoms with Crippen LogP contribution in [0, 0.1) is 66.3 Å². The van der Waals surface area contributed by atoms with Gasteiger partial charge in [0.2, 0.25) is 17.1 Å². The lowest BCUT2D eigenvalue weighted by atomic mass is 9.54. The van der Waals surface area contributed by atoms with E-state index in [4.69, 9.17) is 14.9 Å². The average Bonchev–Trinajstić information content (AvgIpc) is 2.77. The second kappa shape index (κ2) is 5.26. The third-order valence-electron chi connectivity index (χ3n) is 5.40. The number of nitro groups is 1. The minimum atomic E-state index is -2.05. The number of benzene rings is 1. The molecule has 0 aliphatic carbocycles. The second-order valence-electron chi connectivity index (χ2n) is 6.47. The fourth-order valence-electron chi connectivity index (χ4n) is 3.78. The summed E-state index contributed by atoms with van der Waals surface area (Å²) in [5, 5.41) is 48.7. The van der Waals surface area contributed by atoms with E-state index in [1.807, 2.05) is 18.2 Å². The van der Waals surface area contributed by atoms with Crippen LogP contribution in [0.5, 0.6) is 0 Å². The highest BCUT2D eigenvalue weighted by Gasteiger charge is 2.78. The first kappa shape index (κ1) is 17.3. The number of hydrogen-bond acceptors (Lipinski definition) is 8. The Hall–Kier alpha value is -3.48. The van der Waals surface area contributed by atoms with E-state index in [2.05, 4.69) is 0 Å². The third kappa shape index (κ3) is 1.77. The molecule has 4 atom stereocenters. The van der Waals surface area contributed by atoms with Crippen LogP contribution in [-0.2, 0) is 9.47 Å². The summed E-state index contributed by atoms with van der Waals surface area (Å²) in [6.07, 6.45) is -1.22. The van der Waals surface area contributed by atoms with E-state index < -0.39 is 39.5 Å². The van der Waals surface area contributed by atoms with Gasteiger partial charge in [0.05, 0.1) is 29.0 Å². The number of rotatable bonds is 2. The zero-order valence-corrected chi connectivity index (χ0v) is 13.9. The quantitative estimate of drug-likeness (QED) is 0.633. The van der Waals surface area contributed by atoms with Crippen molar-refractivity contribution in [3.63, 3.8) is 0 Å². The highest BCUT2D eigenvalue weighted by atomic mass is 16.7. The fraction of sp³-hybridized carbons (Fsp3) is 0.412. The molecule has 26 heavy (non-hydrogen) atoms. The van der Waals surface area contributed by atoms with Crippen molar-refractivity contribution in [2.75, 3.05) is 0 Å². The van der Waals surface area contributed by atoms with Crippen LogP contribution in [0.25, 0.3) is 0 Å². The molecule has 2 bridgehead atoms. The predicted molar refractivity (Wildman–Crippen MR) is 85.0 cm³/mol. The maximum Gasteiger partial charge on any atom is 0.269 e. The molecule has 0 aromatic heterocycles. The van der Waals surface area contributed by atoms with Crippen molar-refractivity contribution in [2.45, 2.75) is 25.7 Å². The molecular formula is C17H13N5O4. The zero-order valence-electron chi connectivity index (χ0n) is 13.9. The van der Waals surface area contributed by atoms with Crippen molar-refractivity contribution in [2.24, 2.45) is 16.7 Å². The predicted octanol–water partition coefficient (Wildman–Crippen LogP) is 2.57. The number of nitrogens with zero attached hydrogens (tertiary/aromatic N) is 4. The molecule has 2 aliphatic rings. The van der Waals surface area contributed by atoms with Crippen LogP contribution < -0.4 is 0 Å². The van der Waals surface area contributed by atoms with Crippen LogP contribution in [-0.4, -0.2) is 16.6 Å². The molecule has 9 nitrogen and oxygen atoms in total. The van der Waals surface area contributed by atoms with Gasteiger partial charge in [0.25, 0.3) is 5.69 Å². The molecule has 0 spiro atoms. The smallest absolute Gasteiger partial charge is 0.269 e. The summed E-state index contributed by atoms with van der Waals surface area (Å²) < 4.78 is 11.4. The molecule has 2 heterocycles. The molecule has 2 fully saturated rings. The molecule has 1 aromatic rings. The first-order chi connectivity index (χ1) is 12.2. The molecule has 0 unspecified atom stereocenters. The standard InChI is InChI=1S/C17H13N5O4/c1-10-15(2)25-13(11-3-5-12(6-4-11)22(23)24)16(7-18,8-19)17(10,9-20)14(21)26-15/h3-6,10,13,21H,1-2H3/t10-,13-,15+,17-/m0/s1. The molecule has 2 aliphatic heterocycles. The molecule has 1 N–H and O–H groups in total. The van der Waals surface area contributed by atoms with Crippen LogP contribution in [0.3, 0.4) is 0 Å². The largest absolute Gasteiger partial charge is 0.448 e. The van der Waals surface area contributed by atoms with Crippen LogP contribution in [0.1, 0.15) is 25.5 Å². The summed E-state index contributed by atoms with van der Waals surface area (Å²) in [4.78, 5) is 10.3. The maximum absolute atomic E-state index is 10.9. The Morgan fingerprint density at radius 1 is 1.19 bits per heavy atom. The topological polar surface area (TPSA) is 157 Å². The molecular weight excluding hydrogens is 338 g/mol. The van der Waals surface area contributed by atoms with Gasteiger partial charge in [0.15, 0.2) is 5.41 Å². The number of non-ortho nitro benzene ring substituents is 1. The van der Waals surface area contributed by atoms with Crippen molar-refractivity contribution < 1.29 is 14.4 Å². The van der Waals surface area contributed by atoms with Gasteiger partial charge in [-0.1, -0.05) is 6.92 Å². The average molecular weight is 351 g/mol. The number of fused-ring (bicyclic) bond motifs is 2. The summed E-state index contributed by atoms with van der Waals surface area (Å²) in [6.45, 7) is 3.14. The third-order valence-corrected chi connectivity index (χ3v) is 5.40. The zero-order chi connectivity index (χ0) is 19.3. The molecule has 2 saturated heterocycles. The van der Waals surface area contributed by atoms with Crippen LogP contribution in [0.15, 0.2) is 24.3 Å². The Kier molecular flexibility index (Phi) is 3.51. The van der Waals surface area contributed by atoms with E-state index in [-0.39, 0.29) is 5.69 Å². The lowest BCUT2D eigenvalue weighted by Crippen LogP contribution is -2.57. The minimum absolute atomic E-state index is 0.161. The van der Waals surface area contributed by atoms with E-state index in [1.165, 1.54) is 24.3 Å². The summed E-state index contributed by atoms with van der Waals surface area (Å²) in [5.41, 5.74) is -3.72. The van der Waals surface area contributed by atoms with Gasteiger partial charge in [0.1, 0.15) is 6.10 Å². The Bertz CT molecular complexity index is 924.